The number of ether oxygens (including phenoxy) is 2. The summed E-state index contributed by atoms with van der Waals surface area (Å²) in [5.41, 5.74) is 13.6. The molecule has 0 aliphatic carbocycles. The first-order chi connectivity index (χ1) is 8.49. The van der Waals surface area contributed by atoms with E-state index < -0.39 is 5.91 Å². The molecule has 0 aromatic heterocycles. The molecule has 1 amide bonds. The van der Waals surface area contributed by atoms with Gasteiger partial charge in [-0.3, -0.25) is 4.79 Å². The minimum absolute atomic E-state index is 0.232. The zero-order valence-electron chi connectivity index (χ0n) is 10.5. The molecule has 0 aliphatic rings. The second kappa shape index (κ2) is 5.76. The largest absolute Gasteiger partial charge is 0.496 e. The molecule has 7 heteroatoms. The molecule has 0 radical (unpaired) electrons. The Hall–Kier alpha value is -2.44. The third kappa shape index (κ3) is 3.03. The molecule has 98 valence electrons. The lowest BCUT2D eigenvalue weighted by molar-refractivity contribution is 0.0948. The number of guanidine groups is 1. The van der Waals surface area contributed by atoms with Crippen LogP contribution in [0.3, 0.4) is 0 Å². The van der Waals surface area contributed by atoms with Crippen molar-refractivity contribution in [2.24, 2.45) is 16.6 Å². The summed E-state index contributed by atoms with van der Waals surface area (Å²) in [7, 11) is 2.93. The van der Waals surface area contributed by atoms with E-state index >= 15 is 0 Å². The number of aryl methyl sites for hydroxylation is 1. The predicted molar refractivity (Wildman–Crippen MR) is 67.6 cm³/mol. The second-order valence-corrected chi connectivity index (χ2v) is 3.52. The van der Waals surface area contributed by atoms with Gasteiger partial charge >= 0.3 is 0 Å². The van der Waals surface area contributed by atoms with E-state index in [1.807, 2.05) is 6.92 Å². The summed E-state index contributed by atoms with van der Waals surface area (Å²) in [6.45, 7) is 1.86. The molecule has 1 aromatic carbocycles. The van der Waals surface area contributed by atoms with E-state index in [2.05, 4.69) is 10.5 Å². The van der Waals surface area contributed by atoms with Gasteiger partial charge in [0.05, 0.1) is 14.2 Å². The molecule has 0 bridgehead atoms. The van der Waals surface area contributed by atoms with Crippen molar-refractivity contribution in [2.75, 3.05) is 14.2 Å². The lowest BCUT2D eigenvalue weighted by atomic mass is 10.1. The van der Waals surface area contributed by atoms with Crippen molar-refractivity contribution in [1.82, 2.24) is 5.43 Å². The van der Waals surface area contributed by atoms with Crippen LogP contribution in [-0.2, 0) is 0 Å². The molecule has 7 nitrogen and oxygen atoms in total. The van der Waals surface area contributed by atoms with Crippen LogP contribution in [0.4, 0.5) is 0 Å². The maximum Gasteiger partial charge on any atom is 0.279 e. The second-order valence-electron chi connectivity index (χ2n) is 3.52. The number of hydrazone groups is 1. The van der Waals surface area contributed by atoms with E-state index in [4.69, 9.17) is 20.9 Å². The lowest BCUT2D eigenvalue weighted by Crippen LogP contribution is -2.29. The van der Waals surface area contributed by atoms with Gasteiger partial charge in [-0.2, -0.15) is 0 Å². The first-order valence-corrected chi connectivity index (χ1v) is 5.11. The lowest BCUT2D eigenvalue weighted by Gasteiger charge is -2.12. The van der Waals surface area contributed by atoms with Crippen LogP contribution in [0.15, 0.2) is 17.2 Å². The predicted octanol–water partition coefficient (Wildman–Crippen LogP) is -0.0696. The number of carbonyl (C=O) groups excluding carboxylic acids is 1. The summed E-state index contributed by atoms with van der Waals surface area (Å²) in [4.78, 5) is 11.9. The Morgan fingerprint density at radius 1 is 1.22 bits per heavy atom. The van der Waals surface area contributed by atoms with Gasteiger partial charge in [0, 0.05) is 0 Å². The van der Waals surface area contributed by atoms with Crippen molar-refractivity contribution < 1.29 is 14.3 Å². The fourth-order valence-electron chi connectivity index (χ4n) is 1.44. The fraction of sp³-hybridized carbons (Fsp3) is 0.273. The number of carbonyl (C=O) groups is 1. The van der Waals surface area contributed by atoms with Crippen molar-refractivity contribution >= 4 is 11.9 Å². The van der Waals surface area contributed by atoms with E-state index in [0.29, 0.717) is 11.5 Å². The molecule has 0 heterocycles. The van der Waals surface area contributed by atoms with Gasteiger partial charge in [0.15, 0.2) is 0 Å². The molecule has 0 saturated carbocycles. The molecular weight excluding hydrogens is 236 g/mol. The monoisotopic (exact) mass is 252 g/mol. The molecule has 0 aliphatic heterocycles. The quantitative estimate of drug-likeness (QED) is 0.394. The van der Waals surface area contributed by atoms with Crippen LogP contribution < -0.4 is 26.4 Å². The van der Waals surface area contributed by atoms with Gasteiger partial charge in [0.2, 0.25) is 5.96 Å². The summed E-state index contributed by atoms with van der Waals surface area (Å²) in [5.74, 6) is 0.00998. The van der Waals surface area contributed by atoms with Crippen molar-refractivity contribution in [3.63, 3.8) is 0 Å². The number of benzene rings is 1. The topological polar surface area (TPSA) is 112 Å². The highest BCUT2D eigenvalue weighted by molar-refractivity contribution is 6.00. The van der Waals surface area contributed by atoms with Gasteiger partial charge < -0.3 is 20.9 Å². The summed E-state index contributed by atoms with van der Waals surface area (Å²) >= 11 is 0. The van der Waals surface area contributed by atoms with E-state index in [1.165, 1.54) is 14.2 Å². The van der Waals surface area contributed by atoms with Crippen molar-refractivity contribution in [2.45, 2.75) is 6.92 Å². The van der Waals surface area contributed by atoms with E-state index in [1.54, 1.807) is 12.1 Å². The maximum absolute atomic E-state index is 11.9. The summed E-state index contributed by atoms with van der Waals surface area (Å²) in [6, 6.07) is 3.43. The third-order valence-electron chi connectivity index (χ3n) is 2.16. The van der Waals surface area contributed by atoms with E-state index in [0.717, 1.165) is 5.56 Å². The number of methoxy groups -OCH3 is 2. The third-order valence-corrected chi connectivity index (χ3v) is 2.16. The Morgan fingerprint density at radius 3 is 2.11 bits per heavy atom. The average Bonchev–Trinajstić information content (AvgIpc) is 2.34. The number of nitrogens with zero attached hydrogens (tertiary/aromatic N) is 1. The molecule has 0 spiro atoms. The minimum atomic E-state index is -0.517. The van der Waals surface area contributed by atoms with Crippen LogP contribution in [0.2, 0.25) is 0 Å². The van der Waals surface area contributed by atoms with Crippen LogP contribution in [0.5, 0.6) is 11.5 Å². The number of hydrogen-bond acceptors (Lipinski definition) is 4. The minimum Gasteiger partial charge on any atom is -0.496 e. The normalized spacial score (nSPS) is 9.50. The average molecular weight is 252 g/mol. The Balaban J connectivity index is 3.20. The van der Waals surface area contributed by atoms with Crippen LogP contribution in [0.1, 0.15) is 15.9 Å². The van der Waals surface area contributed by atoms with Crippen molar-refractivity contribution in [1.29, 1.82) is 0 Å². The van der Waals surface area contributed by atoms with Gasteiger partial charge in [-0.1, -0.05) is 0 Å². The molecule has 1 aromatic rings. The zero-order valence-corrected chi connectivity index (χ0v) is 10.5. The molecular formula is C11H16N4O3. The summed E-state index contributed by atoms with van der Waals surface area (Å²) in [6.07, 6.45) is 0. The SMILES string of the molecule is COc1cc(C)cc(OC)c1C(=O)NN=C(N)N. The number of nitrogens with one attached hydrogen (secondary N) is 1. The number of rotatable bonds is 4. The Kier molecular flexibility index (Phi) is 4.36. The van der Waals surface area contributed by atoms with Crippen LogP contribution in [0.25, 0.3) is 0 Å². The number of nitrogens with two attached hydrogens (primary N) is 2. The summed E-state index contributed by atoms with van der Waals surface area (Å²) < 4.78 is 10.3. The molecule has 0 saturated heterocycles. The highest BCUT2D eigenvalue weighted by Gasteiger charge is 2.18. The number of hydrogen-bond donors (Lipinski definition) is 3. The Bertz CT molecular complexity index is 456. The highest BCUT2D eigenvalue weighted by atomic mass is 16.5. The van der Waals surface area contributed by atoms with Gasteiger partial charge in [-0.15, -0.1) is 5.10 Å². The first-order valence-electron chi connectivity index (χ1n) is 5.11. The maximum atomic E-state index is 11.9. The standard InChI is InChI=1S/C11H16N4O3/c1-6-4-7(17-2)9(8(5-6)18-3)10(16)14-15-11(12)13/h4-5H,1-3H3,(H,14,16)(H4,12,13,15). The van der Waals surface area contributed by atoms with E-state index in [-0.39, 0.29) is 11.5 Å². The van der Waals surface area contributed by atoms with Gasteiger partial charge in [-0.05, 0) is 24.6 Å². The molecule has 0 unspecified atom stereocenters. The van der Waals surface area contributed by atoms with Gasteiger partial charge in [0.1, 0.15) is 17.1 Å². The van der Waals surface area contributed by atoms with Crippen molar-refractivity contribution in [3.05, 3.63) is 23.3 Å². The molecule has 18 heavy (non-hydrogen) atoms. The summed E-state index contributed by atoms with van der Waals surface area (Å²) in [5, 5.41) is 3.44. The molecule has 1 rings (SSSR count). The highest BCUT2D eigenvalue weighted by Crippen LogP contribution is 2.30. The molecule has 0 fully saturated rings. The smallest absolute Gasteiger partial charge is 0.279 e. The van der Waals surface area contributed by atoms with Gasteiger partial charge in [-0.25, -0.2) is 5.43 Å². The Morgan fingerprint density at radius 2 is 1.72 bits per heavy atom. The van der Waals surface area contributed by atoms with Crippen molar-refractivity contribution in [3.8, 4) is 11.5 Å². The van der Waals surface area contributed by atoms with Crippen LogP contribution in [0, 0.1) is 6.92 Å². The first kappa shape index (κ1) is 13.6. The fourth-order valence-corrected chi connectivity index (χ4v) is 1.44. The van der Waals surface area contributed by atoms with E-state index in [9.17, 15) is 4.79 Å². The molecule has 5 N–H and O–H groups in total. The zero-order chi connectivity index (χ0) is 13.7. The number of amides is 1. The molecule has 0 atom stereocenters. The van der Waals surface area contributed by atoms with Gasteiger partial charge in [0.25, 0.3) is 5.91 Å². The Labute approximate surface area is 105 Å². The van der Waals surface area contributed by atoms with Crippen LogP contribution in [-0.4, -0.2) is 26.1 Å². The van der Waals surface area contributed by atoms with Crippen LogP contribution >= 0.6 is 0 Å².